The number of nitrogens with zero attached hydrogens (tertiary/aromatic N) is 5. The second-order valence-electron chi connectivity index (χ2n) is 9.78. The molecule has 0 aliphatic rings. The molecule has 0 radical (unpaired) electrons. The van der Waals surface area contributed by atoms with Gasteiger partial charge >= 0.3 is 0 Å². The molecule has 3 aromatic heterocycles. The Bertz CT molecular complexity index is 2070. The van der Waals surface area contributed by atoms with E-state index in [0.29, 0.717) is 39.4 Å². The Hall–Kier alpha value is -4.12. The highest BCUT2D eigenvalue weighted by Crippen LogP contribution is 2.28. The molecule has 0 atom stereocenters. The summed E-state index contributed by atoms with van der Waals surface area (Å²) in [5.41, 5.74) is 4.18. The van der Waals surface area contributed by atoms with Gasteiger partial charge in [-0.1, -0.05) is 67.6 Å². The van der Waals surface area contributed by atoms with E-state index in [1.807, 2.05) is 86.8 Å². The van der Waals surface area contributed by atoms with Crippen LogP contribution in [0.4, 0.5) is 0 Å². The summed E-state index contributed by atoms with van der Waals surface area (Å²) in [6, 6.07) is 24.2. The van der Waals surface area contributed by atoms with Crippen LogP contribution in [0.2, 0.25) is 0 Å². The largest absolute Gasteiger partial charge is 0.274 e. The van der Waals surface area contributed by atoms with Gasteiger partial charge in [-0.3, -0.25) is 4.79 Å². The van der Waals surface area contributed by atoms with Gasteiger partial charge in [-0.05, 0) is 55.3 Å². The summed E-state index contributed by atoms with van der Waals surface area (Å²) in [6.45, 7) is 4.87. The van der Waals surface area contributed by atoms with Crippen molar-refractivity contribution in [2.45, 2.75) is 31.6 Å². The summed E-state index contributed by atoms with van der Waals surface area (Å²) in [7, 11) is -3.68. The van der Waals surface area contributed by atoms with Gasteiger partial charge < -0.3 is 0 Å². The lowest BCUT2D eigenvalue weighted by atomic mass is 10.1. The average Bonchev–Trinajstić information content (AvgIpc) is 3.66. The molecule has 6 aromatic rings. The van der Waals surface area contributed by atoms with Crippen LogP contribution in [-0.4, -0.2) is 45.0 Å². The van der Waals surface area contributed by atoms with Gasteiger partial charge in [-0.25, -0.2) is 22.5 Å². The number of hydrogen-bond donors (Lipinski definition) is 0. The zero-order valence-corrected chi connectivity index (χ0v) is 24.4. The SMILES string of the molecule is CCCN(CCC)S(=O)(=O)c1cccc(-c2nn(-c3ccccc3)cc2C=c2sc3nc4ccccc4n3c2=O)c1. The molecule has 0 unspecified atom stereocenters. The molecule has 208 valence electrons. The van der Waals surface area contributed by atoms with Crippen LogP contribution in [0, 0.1) is 0 Å². The van der Waals surface area contributed by atoms with Crippen LogP contribution in [-0.2, 0) is 10.0 Å². The smallest absolute Gasteiger partial charge is 0.267 e. The maximum atomic E-state index is 13.6. The van der Waals surface area contributed by atoms with Gasteiger partial charge in [0, 0.05) is 30.4 Å². The second-order valence-corrected chi connectivity index (χ2v) is 12.7. The molecular weight excluding hydrogens is 555 g/mol. The average molecular weight is 584 g/mol. The van der Waals surface area contributed by atoms with E-state index < -0.39 is 10.0 Å². The summed E-state index contributed by atoms with van der Waals surface area (Å²) < 4.78 is 32.6. The predicted octanol–water partition coefficient (Wildman–Crippen LogP) is 5.12. The Labute approximate surface area is 241 Å². The molecule has 0 aliphatic heterocycles. The molecule has 3 aromatic carbocycles. The summed E-state index contributed by atoms with van der Waals surface area (Å²) in [4.78, 5) is 19.0. The predicted molar refractivity (Wildman–Crippen MR) is 164 cm³/mol. The Morgan fingerprint density at radius 1 is 0.927 bits per heavy atom. The Morgan fingerprint density at radius 3 is 2.41 bits per heavy atom. The second kappa shape index (κ2) is 11.0. The van der Waals surface area contributed by atoms with Crippen molar-refractivity contribution in [3.05, 3.63) is 106 Å². The quantitative estimate of drug-likeness (QED) is 0.236. The molecule has 10 heteroatoms. The van der Waals surface area contributed by atoms with E-state index in [1.165, 1.54) is 15.6 Å². The molecule has 0 bridgehead atoms. The number of hydrogen-bond acceptors (Lipinski definition) is 6. The van der Waals surface area contributed by atoms with Crippen molar-refractivity contribution in [1.82, 2.24) is 23.5 Å². The van der Waals surface area contributed by atoms with Crippen molar-refractivity contribution in [1.29, 1.82) is 0 Å². The van der Waals surface area contributed by atoms with Gasteiger partial charge in [0.2, 0.25) is 10.0 Å². The van der Waals surface area contributed by atoms with E-state index in [4.69, 9.17) is 5.10 Å². The third-order valence-electron chi connectivity index (χ3n) is 6.89. The third kappa shape index (κ3) is 4.99. The molecule has 0 amide bonds. The first-order valence-corrected chi connectivity index (χ1v) is 15.8. The van der Waals surface area contributed by atoms with Crippen molar-refractivity contribution in [3.8, 4) is 16.9 Å². The minimum absolute atomic E-state index is 0.150. The normalized spacial score (nSPS) is 12.7. The molecule has 3 heterocycles. The summed E-state index contributed by atoms with van der Waals surface area (Å²) in [5.74, 6) is 0. The van der Waals surface area contributed by atoms with Gasteiger partial charge in [0.1, 0.15) is 5.69 Å². The highest BCUT2D eigenvalue weighted by Gasteiger charge is 2.24. The zero-order valence-electron chi connectivity index (χ0n) is 22.8. The summed E-state index contributed by atoms with van der Waals surface area (Å²) >= 11 is 1.32. The number of fused-ring (bicyclic) bond motifs is 3. The highest BCUT2D eigenvalue weighted by atomic mass is 32.2. The monoisotopic (exact) mass is 583 g/mol. The lowest BCUT2D eigenvalue weighted by molar-refractivity contribution is 0.410. The van der Waals surface area contributed by atoms with Gasteiger partial charge in [-0.15, -0.1) is 0 Å². The number of benzene rings is 3. The van der Waals surface area contributed by atoms with E-state index in [-0.39, 0.29) is 10.5 Å². The topological polar surface area (TPSA) is 89.6 Å². The number of aromatic nitrogens is 4. The molecule has 41 heavy (non-hydrogen) atoms. The van der Waals surface area contributed by atoms with Crippen LogP contribution in [0.25, 0.3) is 39.0 Å². The Morgan fingerprint density at radius 2 is 1.66 bits per heavy atom. The summed E-state index contributed by atoms with van der Waals surface area (Å²) in [5, 5.41) is 4.87. The van der Waals surface area contributed by atoms with Crippen LogP contribution in [0.3, 0.4) is 0 Å². The minimum Gasteiger partial charge on any atom is -0.267 e. The molecule has 0 aliphatic carbocycles. The molecule has 0 saturated heterocycles. The van der Waals surface area contributed by atoms with E-state index >= 15 is 0 Å². The maximum Gasteiger partial charge on any atom is 0.274 e. The minimum atomic E-state index is -3.68. The first-order valence-electron chi connectivity index (χ1n) is 13.6. The first-order chi connectivity index (χ1) is 19.9. The van der Waals surface area contributed by atoms with E-state index in [2.05, 4.69) is 4.98 Å². The van der Waals surface area contributed by atoms with Crippen LogP contribution < -0.4 is 10.1 Å². The van der Waals surface area contributed by atoms with Gasteiger partial charge in [-0.2, -0.15) is 9.40 Å². The fourth-order valence-corrected chi connectivity index (χ4v) is 7.64. The zero-order chi connectivity index (χ0) is 28.6. The number of imidazole rings is 1. The van der Waals surface area contributed by atoms with Gasteiger partial charge in [0.15, 0.2) is 4.96 Å². The summed E-state index contributed by atoms with van der Waals surface area (Å²) in [6.07, 6.45) is 5.15. The lowest BCUT2D eigenvalue weighted by Crippen LogP contribution is -2.32. The van der Waals surface area contributed by atoms with Crippen LogP contribution >= 0.6 is 11.3 Å². The van der Waals surface area contributed by atoms with Crippen molar-refractivity contribution >= 4 is 43.4 Å². The fraction of sp³-hybridized carbons (Fsp3) is 0.194. The molecule has 0 fully saturated rings. The molecule has 0 N–H and O–H groups in total. The van der Waals surface area contributed by atoms with Crippen LogP contribution in [0.1, 0.15) is 32.3 Å². The lowest BCUT2D eigenvalue weighted by Gasteiger charge is -2.21. The van der Waals surface area contributed by atoms with Gasteiger partial charge in [0.05, 0.1) is 26.1 Å². The number of para-hydroxylation sites is 3. The fourth-order valence-electron chi connectivity index (χ4n) is 4.99. The van der Waals surface area contributed by atoms with Gasteiger partial charge in [0.25, 0.3) is 5.56 Å². The number of sulfonamides is 1. The van der Waals surface area contributed by atoms with Crippen molar-refractivity contribution < 1.29 is 8.42 Å². The van der Waals surface area contributed by atoms with Crippen molar-refractivity contribution in [2.75, 3.05) is 13.1 Å². The third-order valence-corrected chi connectivity index (χ3v) is 9.75. The van der Waals surface area contributed by atoms with E-state index in [0.717, 1.165) is 29.6 Å². The number of thiazole rings is 1. The first kappa shape index (κ1) is 27.1. The molecule has 0 spiro atoms. The maximum absolute atomic E-state index is 13.6. The molecular formula is C31H29N5O3S2. The Kier molecular flexibility index (Phi) is 7.29. The standard InChI is InChI=1S/C31H29N5O3S2/c1-3-17-34(18-4-2)41(38,39)25-14-10-11-22(19-25)29-23(21-35(33-29)24-12-6-5-7-13-24)20-28-30(37)36-27-16-9-8-15-26(27)32-31(36)40-28/h5-16,19-21H,3-4,17-18H2,1-2H3. The van der Waals surface area contributed by atoms with E-state index in [9.17, 15) is 13.2 Å². The van der Waals surface area contributed by atoms with Crippen LogP contribution in [0.5, 0.6) is 0 Å². The van der Waals surface area contributed by atoms with Crippen LogP contribution in [0.15, 0.2) is 94.7 Å². The van der Waals surface area contributed by atoms with E-state index in [1.54, 1.807) is 27.3 Å². The Balaban J connectivity index is 1.52. The van der Waals surface area contributed by atoms with Crippen molar-refractivity contribution in [2.24, 2.45) is 0 Å². The molecule has 0 saturated carbocycles. The highest BCUT2D eigenvalue weighted by molar-refractivity contribution is 7.89. The number of rotatable bonds is 9. The molecule has 6 rings (SSSR count). The van der Waals surface area contributed by atoms with Crippen molar-refractivity contribution in [3.63, 3.8) is 0 Å². The molecule has 8 nitrogen and oxygen atoms in total.